The Hall–Kier alpha value is -1.09. The van der Waals surface area contributed by atoms with Crippen LogP contribution in [0.5, 0.6) is 5.75 Å². The quantitative estimate of drug-likeness (QED) is 0.822. The second-order valence-corrected chi connectivity index (χ2v) is 4.53. The molecule has 3 heteroatoms. The molecule has 0 aliphatic carbocycles. The molecule has 0 amide bonds. The van der Waals surface area contributed by atoms with E-state index in [9.17, 15) is 4.39 Å². The van der Waals surface area contributed by atoms with Crippen molar-refractivity contribution < 1.29 is 9.13 Å². The zero-order valence-electron chi connectivity index (χ0n) is 11.1. The minimum Gasteiger partial charge on any atom is -0.486 e. The van der Waals surface area contributed by atoms with Gasteiger partial charge in [-0.05, 0) is 38.8 Å². The van der Waals surface area contributed by atoms with Crippen molar-refractivity contribution in [3.63, 3.8) is 0 Å². The van der Waals surface area contributed by atoms with Gasteiger partial charge >= 0.3 is 0 Å². The molecule has 0 aliphatic heterocycles. The van der Waals surface area contributed by atoms with Gasteiger partial charge in [0.2, 0.25) is 0 Å². The lowest BCUT2D eigenvalue weighted by Gasteiger charge is -2.19. The third-order valence-electron chi connectivity index (χ3n) is 2.85. The Morgan fingerprint density at radius 2 is 2.06 bits per heavy atom. The van der Waals surface area contributed by atoms with E-state index in [2.05, 4.69) is 19.2 Å². The summed E-state index contributed by atoms with van der Waals surface area (Å²) in [5, 5.41) is 3.34. The van der Waals surface area contributed by atoms with E-state index in [1.165, 1.54) is 0 Å². The number of hydrogen-bond acceptors (Lipinski definition) is 2. The van der Waals surface area contributed by atoms with Crippen LogP contribution in [0.3, 0.4) is 0 Å². The summed E-state index contributed by atoms with van der Waals surface area (Å²) in [5.74, 6) is 0.0753. The van der Waals surface area contributed by atoms with E-state index in [1.54, 1.807) is 19.1 Å². The highest BCUT2D eigenvalue weighted by Gasteiger charge is 2.10. The number of aryl methyl sites for hydroxylation is 1. The van der Waals surface area contributed by atoms with E-state index in [-0.39, 0.29) is 11.9 Å². The Kier molecular flexibility index (Phi) is 5.42. The molecule has 0 spiro atoms. The van der Waals surface area contributed by atoms with Crippen molar-refractivity contribution in [1.29, 1.82) is 0 Å². The Bertz CT molecular complexity index is 354. The van der Waals surface area contributed by atoms with Crippen LogP contribution >= 0.6 is 0 Å². The van der Waals surface area contributed by atoms with Gasteiger partial charge in [-0.25, -0.2) is 4.39 Å². The number of hydrogen-bond donors (Lipinski definition) is 1. The van der Waals surface area contributed by atoms with Gasteiger partial charge in [-0.1, -0.05) is 19.1 Å². The number of benzene rings is 1. The fraction of sp³-hybridized carbons (Fsp3) is 0.571. The Morgan fingerprint density at radius 1 is 1.35 bits per heavy atom. The first kappa shape index (κ1) is 14.0. The van der Waals surface area contributed by atoms with Gasteiger partial charge in [0.1, 0.15) is 6.10 Å². The first-order chi connectivity index (χ1) is 8.04. The molecule has 1 aromatic carbocycles. The molecule has 0 bridgehead atoms. The van der Waals surface area contributed by atoms with Crippen molar-refractivity contribution in [2.24, 2.45) is 0 Å². The van der Waals surface area contributed by atoms with Gasteiger partial charge in [0, 0.05) is 12.6 Å². The highest BCUT2D eigenvalue weighted by atomic mass is 19.1. The summed E-state index contributed by atoms with van der Waals surface area (Å²) in [4.78, 5) is 0. The maximum absolute atomic E-state index is 13.7. The van der Waals surface area contributed by atoms with Crippen molar-refractivity contribution in [3.05, 3.63) is 29.6 Å². The van der Waals surface area contributed by atoms with Crippen molar-refractivity contribution in [2.75, 3.05) is 6.54 Å². The molecule has 17 heavy (non-hydrogen) atoms. The maximum Gasteiger partial charge on any atom is 0.167 e. The molecule has 1 aromatic rings. The monoisotopic (exact) mass is 239 g/mol. The van der Waals surface area contributed by atoms with Crippen LogP contribution in [0.2, 0.25) is 0 Å². The van der Waals surface area contributed by atoms with Gasteiger partial charge in [-0.3, -0.25) is 0 Å². The van der Waals surface area contributed by atoms with Crippen LogP contribution in [-0.2, 0) is 0 Å². The Labute approximate surface area is 103 Å². The van der Waals surface area contributed by atoms with Gasteiger partial charge in [-0.15, -0.1) is 0 Å². The molecule has 0 saturated heterocycles. The Balaban J connectivity index is 2.50. The highest BCUT2D eigenvalue weighted by Crippen LogP contribution is 2.20. The molecule has 0 aliphatic rings. The van der Waals surface area contributed by atoms with Gasteiger partial charge in [-0.2, -0.15) is 0 Å². The summed E-state index contributed by atoms with van der Waals surface area (Å²) in [6.45, 7) is 8.66. The van der Waals surface area contributed by atoms with E-state index in [0.717, 1.165) is 13.0 Å². The molecule has 2 atom stereocenters. The maximum atomic E-state index is 13.7. The summed E-state index contributed by atoms with van der Waals surface area (Å²) in [5.41, 5.74) is 0.615. The second-order valence-electron chi connectivity index (χ2n) is 4.53. The summed E-state index contributed by atoms with van der Waals surface area (Å²) in [6.07, 6.45) is 1.03. The predicted molar refractivity (Wildman–Crippen MR) is 69.0 cm³/mol. The molecule has 0 radical (unpaired) electrons. The molecular weight excluding hydrogens is 217 g/mol. The summed E-state index contributed by atoms with van der Waals surface area (Å²) in [7, 11) is 0. The minimum atomic E-state index is -0.261. The highest BCUT2D eigenvalue weighted by molar-refractivity contribution is 5.30. The lowest BCUT2D eigenvalue weighted by molar-refractivity contribution is 0.203. The normalized spacial score (nSPS) is 14.4. The van der Waals surface area contributed by atoms with Gasteiger partial charge in [0.25, 0.3) is 0 Å². The SMILES string of the molecule is CCC(C)NCC(C)Oc1cccc(C)c1F. The van der Waals surface area contributed by atoms with Crippen LogP contribution in [-0.4, -0.2) is 18.7 Å². The molecule has 0 fully saturated rings. The van der Waals surface area contributed by atoms with Crippen molar-refractivity contribution >= 4 is 0 Å². The first-order valence-electron chi connectivity index (χ1n) is 6.19. The fourth-order valence-electron chi connectivity index (χ4n) is 1.48. The van der Waals surface area contributed by atoms with Gasteiger partial charge in [0.15, 0.2) is 11.6 Å². The molecule has 0 saturated carbocycles. The van der Waals surface area contributed by atoms with E-state index < -0.39 is 0 Å². The first-order valence-corrected chi connectivity index (χ1v) is 6.19. The second kappa shape index (κ2) is 6.60. The number of nitrogens with one attached hydrogen (secondary N) is 1. The summed E-state index contributed by atoms with van der Waals surface area (Å²) in [6, 6.07) is 5.68. The number of ether oxygens (including phenoxy) is 1. The standard InChI is InChI=1S/C14H22FNO/c1-5-11(3)16-9-12(4)17-13-8-6-7-10(2)14(13)15/h6-8,11-12,16H,5,9H2,1-4H3. The largest absolute Gasteiger partial charge is 0.486 e. The molecule has 0 aromatic heterocycles. The lowest BCUT2D eigenvalue weighted by Crippen LogP contribution is -2.34. The topological polar surface area (TPSA) is 21.3 Å². The van der Waals surface area contributed by atoms with Crippen LogP contribution < -0.4 is 10.1 Å². The minimum absolute atomic E-state index is 0.0414. The zero-order chi connectivity index (χ0) is 12.8. The van der Waals surface area contributed by atoms with E-state index >= 15 is 0 Å². The molecule has 0 heterocycles. The zero-order valence-corrected chi connectivity index (χ0v) is 11.1. The smallest absolute Gasteiger partial charge is 0.167 e. The average molecular weight is 239 g/mol. The molecule has 1 N–H and O–H groups in total. The molecule has 96 valence electrons. The molecule has 2 unspecified atom stereocenters. The van der Waals surface area contributed by atoms with Crippen molar-refractivity contribution in [2.45, 2.75) is 46.3 Å². The molecular formula is C14H22FNO. The van der Waals surface area contributed by atoms with Crippen LogP contribution in [0.25, 0.3) is 0 Å². The molecule has 2 nitrogen and oxygen atoms in total. The van der Waals surface area contributed by atoms with Crippen LogP contribution in [0.1, 0.15) is 32.8 Å². The third kappa shape index (κ3) is 4.35. The van der Waals surface area contributed by atoms with Crippen LogP contribution in [0.15, 0.2) is 18.2 Å². The van der Waals surface area contributed by atoms with Crippen molar-refractivity contribution in [1.82, 2.24) is 5.32 Å². The lowest BCUT2D eigenvalue weighted by atomic mass is 10.2. The fourth-order valence-corrected chi connectivity index (χ4v) is 1.48. The number of halogens is 1. The summed E-state index contributed by atoms with van der Waals surface area (Å²) >= 11 is 0. The predicted octanol–water partition coefficient (Wildman–Crippen LogP) is 3.29. The van der Waals surface area contributed by atoms with Crippen molar-refractivity contribution in [3.8, 4) is 5.75 Å². The van der Waals surface area contributed by atoms with Crippen LogP contribution in [0.4, 0.5) is 4.39 Å². The van der Waals surface area contributed by atoms with E-state index in [0.29, 0.717) is 17.4 Å². The van der Waals surface area contributed by atoms with E-state index in [1.807, 2.05) is 13.0 Å². The van der Waals surface area contributed by atoms with Crippen LogP contribution in [0, 0.1) is 12.7 Å². The third-order valence-corrected chi connectivity index (χ3v) is 2.85. The number of rotatable bonds is 6. The summed E-state index contributed by atoms with van der Waals surface area (Å²) < 4.78 is 19.3. The van der Waals surface area contributed by atoms with Gasteiger partial charge < -0.3 is 10.1 Å². The Morgan fingerprint density at radius 3 is 2.71 bits per heavy atom. The average Bonchev–Trinajstić information content (AvgIpc) is 2.32. The van der Waals surface area contributed by atoms with E-state index in [4.69, 9.17) is 4.74 Å². The molecule has 1 rings (SSSR count). The van der Waals surface area contributed by atoms with Gasteiger partial charge in [0.05, 0.1) is 0 Å².